The van der Waals surface area contributed by atoms with Gasteiger partial charge in [0.25, 0.3) is 0 Å². The van der Waals surface area contributed by atoms with Gasteiger partial charge >= 0.3 is 5.97 Å². The van der Waals surface area contributed by atoms with E-state index in [1.54, 1.807) is 48.8 Å². The van der Waals surface area contributed by atoms with Crippen LogP contribution in [0.5, 0.6) is 0 Å². The second kappa shape index (κ2) is 8.58. The van der Waals surface area contributed by atoms with Crippen LogP contribution in [-0.2, 0) is 20.9 Å². The minimum atomic E-state index is -0.462. The maximum absolute atomic E-state index is 12.1. The highest BCUT2D eigenvalue weighted by Gasteiger charge is 2.16. The summed E-state index contributed by atoms with van der Waals surface area (Å²) in [6.07, 6.45) is 3.29. The molecule has 130 valence electrons. The SMILES string of the molecule is COC(=O)c1ccc(N(CC(=O)NCc2ccncc2)C(C)=O)cc1. The Labute approximate surface area is 145 Å². The summed E-state index contributed by atoms with van der Waals surface area (Å²) in [6.45, 7) is 1.62. The van der Waals surface area contributed by atoms with Crippen molar-refractivity contribution in [1.29, 1.82) is 0 Å². The number of nitrogens with one attached hydrogen (secondary N) is 1. The molecule has 0 unspecified atom stereocenters. The van der Waals surface area contributed by atoms with E-state index in [4.69, 9.17) is 0 Å². The number of aromatic nitrogens is 1. The Balaban J connectivity index is 2.01. The lowest BCUT2D eigenvalue weighted by Gasteiger charge is -2.21. The fraction of sp³-hybridized carbons (Fsp3) is 0.222. The van der Waals surface area contributed by atoms with E-state index in [2.05, 4.69) is 15.0 Å². The van der Waals surface area contributed by atoms with Crippen molar-refractivity contribution in [3.05, 3.63) is 59.9 Å². The fourth-order valence-electron chi connectivity index (χ4n) is 2.18. The molecule has 1 N–H and O–H groups in total. The molecule has 2 rings (SSSR count). The van der Waals surface area contributed by atoms with E-state index in [9.17, 15) is 14.4 Å². The first-order chi connectivity index (χ1) is 12.0. The summed E-state index contributed by atoms with van der Waals surface area (Å²) in [4.78, 5) is 40.7. The van der Waals surface area contributed by atoms with Gasteiger partial charge in [-0.05, 0) is 42.0 Å². The Hall–Kier alpha value is -3.22. The molecule has 25 heavy (non-hydrogen) atoms. The number of pyridine rings is 1. The van der Waals surface area contributed by atoms with Crippen LogP contribution in [0, 0.1) is 0 Å². The number of esters is 1. The summed E-state index contributed by atoms with van der Waals surface area (Å²) in [5, 5.41) is 2.76. The van der Waals surface area contributed by atoms with Crippen molar-refractivity contribution in [2.45, 2.75) is 13.5 Å². The standard InChI is InChI=1S/C18H19N3O4/c1-13(22)21(16-5-3-15(4-6-16)18(24)25-2)12-17(23)20-11-14-7-9-19-10-8-14/h3-10H,11-12H2,1-2H3,(H,20,23). The van der Waals surface area contributed by atoms with Gasteiger partial charge in [-0.15, -0.1) is 0 Å². The number of benzene rings is 1. The Kier molecular flexibility index (Phi) is 6.22. The maximum Gasteiger partial charge on any atom is 0.337 e. The number of hydrogen-bond acceptors (Lipinski definition) is 5. The lowest BCUT2D eigenvalue weighted by Crippen LogP contribution is -2.39. The molecule has 2 amide bonds. The number of carbonyl (C=O) groups excluding carboxylic acids is 3. The van der Waals surface area contributed by atoms with Crippen molar-refractivity contribution in [3.8, 4) is 0 Å². The van der Waals surface area contributed by atoms with E-state index in [-0.39, 0.29) is 18.4 Å². The van der Waals surface area contributed by atoms with Crippen molar-refractivity contribution < 1.29 is 19.1 Å². The van der Waals surface area contributed by atoms with Crippen LogP contribution in [0.4, 0.5) is 5.69 Å². The van der Waals surface area contributed by atoms with Crippen LogP contribution in [0.3, 0.4) is 0 Å². The second-order valence-electron chi connectivity index (χ2n) is 5.28. The molecule has 7 heteroatoms. The molecule has 0 atom stereocenters. The highest BCUT2D eigenvalue weighted by atomic mass is 16.5. The third-order valence-electron chi connectivity index (χ3n) is 3.52. The topological polar surface area (TPSA) is 88.6 Å². The van der Waals surface area contributed by atoms with Crippen LogP contribution in [0.1, 0.15) is 22.8 Å². The average Bonchev–Trinajstić information content (AvgIpc) is 2.64. The molecule has 0 saturated carbocycles. The molecule has 0 aliphatic rings. The average molecular weight is 341 g/mol. The molecule has 0 aliphatic carbocycles. The van der Waals surface area contributed by atoms with Gasteiger partial charge in [-0.1, -0.05) is 0 Å². The molecular formula is C18H19N3O4. The van der Waals surface area contributed by atoms with Crippen molar-refractivity contribution >= 4 is 23.5 Å². The van der Waals surface area contributed by atoms with Gasteiger partial charge in [0, 0.05) is 31.5 Å². The van der Waals surface area contributed by atoms with Crippen LogP contribution in [-0.4, -0.2) is 36.4 Å². The first-order valence-corrected chi connectivity index (χ1v) is 7.63. The van der Waals surface area contributed by atoms with E-state index < -0.39 is 5.97 Å². The molecule has 1 heterocycles. The molecule has 0 spiro atoms. The summed E-state index contributed by atoms with van der Waals surface area (Å²) >= 11 is 0. The van der Waals surface area contributed by atoms with Crippen LogP contribution in [0.25, 0.3) is 0 Å². The van der Waals surface area contributed by atoms with Gasteiger partial charge < -0.3 is 15.0 Å². The summed E-state index contributed by atoms with van der Waals surface area (Å²) in [7, 11) is 1.30. The predicted molar refractivity (Wildman–Crippen MR) is 91.9 cm³/mol. The van der Waals surface area contributed by atoms with E-state index in [1.807, 2.05) is 0 Å². The summed E-state index contributed by atoms with van der Waals surface area (Å²) in [5.41, 5.74) is 1.82. The number of amides is 2. The zero-order valence-electron chi connectivity index (χ0n) is 14.1. The number of carbonyl (C=O) groups is 3. The molecule has 0 saturated heterocycles. The van der Waals surface area contributed by atoms with Crippen molar-refractivity contribution in [3.63, 3.8) is 0 Å². The number of nitrogens with zero attached hydrogens (tertiary/aromatic N) is 2. The largest absolute Gasteiger partial charge is 0.465 e. The van der Waals surface area contributed by atoms with E-state index >= 15 is 0 Å². The number of hydrogen-bond donors (Lipinski definition) is 1. The van der Waals surface area contributed by atoms with E-state index in [0.717, 1.165) is 5.56 Å². The molecule has 1 aromatic heterocycles. The normalized spacial score (nSPS) is 10.0. The van der Waals surface area contributed by atoms with E-state index in [1.165, 1.54) is 18.9 Å². The maximum atomic E-state index is 12.1. The van der Waals surface area contributed by atoms with Gasteiger partial charge in [-0.25, -0.2) is 4.79 Å². The molecule has 0 aliphatic heterocycles. The van der Waals surface area contributed by atoms with Crippen LogP contribution >= 0.6 is 0 Å². The Bertz CT molecular complexity index is 745. The first kappa shape index (κ1) is 18.1. The van der Waals surface area contributed by atoms with Gasteiger partial charge in [-0.3, -0.25) is 14.6 Å². The minimum absolute atomic E-state index is 0.113. The second-order valence-corrected chi connectivity index (χ2v) is 5.28. The van der Waals surface area contributed by atoms with Crippen molar-refractivity contribution in [1.82, 2.24) is 10.3 Å². The van der Waals surface area contributed by atoms with Gasteiger partial charge in [0.2, 0.25) is 11.8 Å². The molecule has 0 bridgehead atoms. The van der Waals surface area contributed by atoms with Crippen LogP contribution in [0.2, 0.25) is 0 Å². The number of ether oxygens (including phenoxy) is 1. The number of methoxy groups -OCH3 is 1. The third kappa shape index (κ3) is 5.13. The quantitative estimate of drug-likeness (QED) is 0.805. The van der Waals surface area contributed by atoms with Crippen molar-refractivity contribution in [2.24, 2.45) is 0 Å². The van der Waals surface area contributed by atoms with Crippen molar-refractivity contribution in [2.75, 3.05) is 18.6 Å². The fourth-order valence-corrected chi connectivity index (χ4v) is 2.18. The Morgan fingerprint density at radius 1 is 1.08 bits per heavy atom. The third-order valence-corrected chi connectivity index (χ3v) is 3.52. The zero-order chi connectivity index (χ0) is 18.2. The summed E-state index contributed by atoms with van der Waals surface area (Å²) < 4.78 is 4.63. The van der Waals surface area contributed by atoms with Gasteiger partial charge in [-0.2, -0.15) is 0 Å². The smallest absolute Gasteiger partial charge is 0.337 e. The molecule has 7 nitrogen and oxygen atoms in total. The van der Waals surface area contributed by atoms with Gasteiger partial charge in [0.1, 0.15) is 6.54 Å². The first-order valence-electron chi connectivity index (χ1n) is 7.63. The summed E-state index contributed by atoms with van der Waals surface area (Å²) in [5.74, 6) is -1.02. The van der Waals surface area contributed by atoms with Crippen LogP contribution in [0.15, 0.2) is 48.8 Å². The Morgan fingerprint density at radius 3 is 2.28 bits per heavy atom. The monoisotopic (exact) mass is 341 g/mol. The minimum Gasteiger partial charge on any atom is -0.465 e. The molecule has 0 fully saturated rings. The number of anilines is 1. The summed E-state index contributed by atoms with van der Waals surface area (Å²) in [6, 6.07) is 9.90. The lowest BCUT2D eigenvalue weighted by molar-refractivity contribution is -0.123. The predicted octanol–water partition coefficient (Wildman–Crippen LogP) is 1.54. The zero-order valence-corrected chi connectivity index (χ0v) is 14.1. The number of rotatable bonds is 6. The van der Waals surface area contributed by atoms with Gasteiger partial charge in [0.15, 0.2) is 0 Å². The molecule has 2 aromatic rings. The Morgan fingerprint density at radius 2 is 1.72 bits per heavy atom. The molecule has 1 aromatic carbocycles. The molecular weight excluding hydrogens is 322 g/mol. The van der Waals surface area contributed by atoms with Gasteiger partial charge in [0.05, 0.1) is 12.7 Å². The van der Waals surface area contributed by atoms with E-state index in [0.29, 0.717) is 17.8 Å². The van der Waals surface area contributed by atoms with Crippen LogP contribution < -0.4 is 10.2 Å². The highest BCUT2D eigenvalue weighted by Crippen LogP contribution is 2.16. The highest BCUT2D eigenvalue weighted by molar-refractivity contribution is 5.98. The molecule has 0 radical (unpaired) electrons. The lowest BCUT2D eigenvalue weighted by atomic mass is 10.2.